The van der Waals surface area contributed by atoms with Gasteiger partial charge >= 0.3 is 5.91 Å². The van der Waals surface area contributed by atoms with E-state index in [9.17, 15) is 18.4 Å². The summed E-state index contributed by atoms with van der Waals surface area (Å²) < 4.78 is 47.9. The Bertz CT molecular complexity index is 1380. The maximum atomic E-state index is 15.0. The minimum Gasteiger partial charge on any atom is -0.432 e. The topological polar surface area (TPSA) is 113 Å². The number of piperidine rings is 1. The van der Waals surface area contributed by atoms with Crippen molar-refractivity contribution in [3.63, 3.8) is 0 Å². The predicted octanol–water partition coefficient (Wildman–Crippen LogP) is 3.34. The third-order valence-corrected chi connectivity index (χ3v) is 7.66. The first-order chi connectivity index (χ1) is 18.8. The van der Waals surface area contributed by atoms with Crippen molar-refractivity contribution in [1.82, 2.24) is 30.5 Å². The van der Waals surface area contributed by atoms with E-state index in [1.807, 2.05) is 0 Å². The summed E-state index contributed by atoms with van der Waals surface area (Å²) in [6.07, 6.45) is 6.63. The molecule has 0 radical (unpaired) electrons. The SMILES string of the molecule is O=C(N[C@H]1CCN(C(F)C2CC2)C[C@@H]1C(=O)NC1(c2ncccn2)CC1)c1ncc(-c2ccc(F)cc2F)o1. The molecule has 2 amide bonds. The molecule has 0 spiro atoms. The van der Waals surface area contributed by atoms with Gasteiger partial charge in [-0.3, -0.25) is 14.5 Å². The Hall–Kier alpha value is -3.80. The van der Waals surface area contributed by atoms with Crippen LogP contribution in [0.4, 0.5) is 13.2 Å². The van der Waals surface area contributed by atoms with Crippen molar-refractivity contribution in [2.24, 2.45) is 11.8 Å². The molecule has 2 N–H and O–H groups in total. The third kappa shape index (κ3) is 5.25. The van der Waals surface area contributed by atoms with Crippen LogP contribution in [0.3, 0.4) is 0 Å². The van der Waals surface area contributed by atoms with Gasteiger partial charge in [0.15, 0.2) is 17.9 Å². The number of amides is 2. The molecule has 0 bridgehead atoms. The van der Waals surface area contributed by atoms with Gasteiger partial charge in [0.2, 0.25) is 5.91 Å². The standard InChI is InChI=1S/C27H27F3N6O3/c28-16-4-5-17(19(29)12-16)21-13-33-25(39-21)24(38)34-20-6-11-36(22(30)15-2-3-15)14-18(20)23(37)35-27(7-8-27)26-31-9-1-10-32-26/h1,4-5,9-10,12-13,15,18,20,22H,2-3,6-8,11,14H2,(H,34,38)(H,35,37)/t18-,20-,22?/m0/s1. The largest absolute Gasteiger partial charge is 0.432 e. The molecule has 1 aliphatic heterocycles. The summed E-state index contributed by atoms with van der Waals surface area (Å²) in [5, 5.41) is 5.88. The normalized spacial score (nSPS) is 23.2. The van der Waals surface area contributed by atoms with Crippen LogP contribution in [0, 0.1) is 23.5 Å². The van der Waals surface area contributed by atoms with Crippen LogP contribution < -0.4 is 10.6 Å². The summed E-state index contributed by atoms with van der Waals surface area (Å²) >= 11 is 0. The van der Waals surface area contributed by atoms with Crippen molar-refractivity contribution < 1.29 is 27.2 Å². The lowest BCUT2D eigenvalue weighted by Gasteiger charge is -2.39. The van der Waals surface area contributed by atoms with Gasteiger partial charge in [-0.1, -0.05) is 0 Å². The van der Waals surface area contributed by atoms with Gasteiger partial charge in [0.1, 0.15) is 11.6 Å². The summed E-state index contributed by atoms with van der Waals surface area (Å²) in [4.78, 5) is 40.9. The van der Waals surface area contributed by atoms with Gasteiger partial charge in [-0.05, 0) is 50.3 Å². The number of rotatable bonds is 8. The highest BCUT2D eigenvalue weighted by Crippen LogP contribution is 2.44. The van der Waals surface area contributed by atoms with E-state index in [-0.39, 0.29) is 35.6 Å². The van der Waals surface area contributed by atoms with E-state index in [0.717, 1.165) is 18.9 Å². The van der Waals surface area contributed by atoms with E-state index in [1.54, 1.807) is 23.4 Å². The van der Waals surface area contributed by atoms with Crippen LogP contribution in [0.25, 0.3) is 11.3 Å². The molecule has 2 saturated carbocycles. The zero-order valence-corrected chi connectivity index (χ0v) is 20.9. The average molecular weight is 541 g/mol. The van der Waals surface area contributed by atoms with Gasteiger partial charge in [-0.25, -0.2) is 28.1 Å². The van der Waals surface area contributed by atoms with Gasteiger partial charge in [0, 0.05) is 43.5 Å². The number of likely N-dealkylation sites (tertiary alicyclic amines) is 1. The minimum absolute atomic E-state index is 0.0232. The number of nitrogens with zero attached hydrogens (tertiary/aromatic N) is 4. The Morgan fingerprint density at radius 3 is 2.56 bits per heavy atom. The first-order valence-electron chi connectivity index (χ1n) is 13.0. The molecule has 1 aromatic carbocycles. The fraction of sp³-hybridized carbons (Fsp3) is 0.444. The molecule has 3 heterocycles. The lowest BCUT2D eigenvalue weighted by Crippen LogP contribution is -2.58. The molecule has 1 unspecified atom stereocenters. The van der Waals surface area contributed by atoms with Crippen LogP contribution in [0.5, 0.6) is 0 Å². The van der Waals surface area contributed by atoms with Gasteiger partial charge < -0.3 is 15.1 Å². The molecule has 39 heavy (non-hydrogen) atoms. The zero-order valence-electron chi connectivity index (χ0n) is 20.9. The lowest BCUT2D eigenvalue weighted by atomic mass is 9.90. The van der Waals surface area contributed by atoms with Crippen molar-refractivity contribution in [1.29, 1.82) is 0 Å². The number of carbonyl (C=O) groups is 2. The number of hydrogen-bond acceptors (Lipinski definition) is 7. The van der Waals surface area contributed by atoms with E-state index >= 15 is 4.39 Å². The van der Waals surface area contributed by atoms with Crippen LogP contribution >= 0.6 is 0 Å². The number of benzene rings is 1. The Morgan fingerprint density at radius 1 is 1.10 bits per heavy atom. The zero-order chi connectivity index (χ0) is 27.1. The van der Waals surface area contributed by atoms with Gasteiger partial charge in [0.25, 0.3) is 5.89 Å². The number of aromatic nitrogens is 3. The predicted molar refractivity (Wildman–Crippen MR) is 131 cm³/mol. The van der Waals surface area contributed by atoms with Crippen molar-refractivity contribution in [3.05, 3.63) is 66.2 Å². The number of alkyl halides is 1. The molecule has 12 heteroatoms. The average Bonchev–Trinajstić information content (AvgIpc) is 3.87. The van der Waals surface area contributed by atoms with Crippen molar-refractivity contribution in [3.8, 4) is 11.3 Å². The van der Waals surface area contributed by atoms with Crippen LogP contribution in [0.15, 0.2) is 47.3 Å². The Balaban J connectivity index is 1.19. The summed E-state index contributed by atoms with van der Waals surface area (Å²) in [5.41, 5.74) is -0.710. The second kappa shape index (κ2) is 10.1. The maximum Gasteiger partial charge on any atom is 0.307 e. The van der Waals surface area contributed by atoms with E-state index in [0.29, 0.717) is 37.7 Å². The van der Waals surface area contributed by atoms with E-state index in [1.165, 1.54) is 12.3 Å². The highest BCUT2D eigenvalue weighted by Gasteiger charge is 2.51. The van der Waals surface area contributed by atoms with Gasteiger partial charge in [-0.15, -0.1) is 0 Å². The smallest absolute Gasteiger partial charge is 0.307 e. The number of carbonyl (C=O) groups excluding carboxylic acids is 2. The molecule has 1 saturated heterocycles. The maximum absolute atomic E-state index is 15.0. The fourth-order valence-corrected chi connectivity index (χ4v) is 5.14. The molecular weight excluding hydrogens is 513 g/mol. The number of halogens is 3. The summed E-state index contributed by atoms with van der Waals surface area (Å²) in [6, 6.07) is 4.06. The quantitative estimate of drug-likeness (QED) is 0.422. The van der Waals surface area contributed by atoms with Crippen molar-refractivity contribution in [2.75, 3.05) is 13.1 Å². The molecule has 204 valence electrons. The molecular formula is C27H27F3N6O3. The van der Waals surface area contributed by atoms with Crippen molar-refractivity contribution >= 4 is 11.8 Å². The Kier molecular flexibility index (Phi) is 6.57. The molecule has 6 rings (SSSR count). The number of nitrogens with one attached hydrogen (secondary N) is 2. The van der Waals surface area contributed by atoms with E-state index < -0.39 is 41.3 Å². The number of hydrogen-bond donors (Lipinski definition) is 2. The number of oxazole rings is 1. The van der Waals surface area contributed by atoms with Crippen molar-refractivity contribution in [2.45, 2.75) is 50.0 Å². The lowest BCUT2D eigenvalue weighted by molar-refractivity contribution is -0.130. The second-order valence-electron chi connectivity index (χ2n) is 10.5. The first kappa shape index (κ1) is 25.5. The Morgan fingerprint density at radius 2 is 1.87 bits per heavy atom. The molecule has 3 aliphatic rings. The molecule has 3 aromatic rings. The molecule has 9 nitrogen and oxygen atoms in total. The molecule has 2 aliphatic carbocycles. The first-order valence-corrected chi connectivity index (χ1v) is 13.0. The summed E-state index contributed by atoms with van der Waals surface area (Å²) in [7, 11) is 0. The van der Waals surface area contributed by atoms with E-state index in [2.05, 4.69) is 25.6 Å². The highest BCUT2D eigenvalue weighted by molar-refractivity contribution is 5.91. The summed E-state index contributed by atoms with van der Waals surface area (Å²) in [6.45, 7) is 0.509. The summed E-state index contributed by atoms with van der Waals surface area (Å²) in [5.74, 6) is -3.21. The molecule has 2 aromatic heterocycles. The van der Waals surface area contributed by atoms with Crippen LogP contribution in [0.1, 0.15) is 48.6 Å². The minimum atomic E-state index is -1.14. The molecule has 3 fully saturated rings. The third-order valence-electron chi connectivity index (χ3n) is 7.66. The van der Waals surface area contributed by atoms with E-state index in [4.69, 9.17) is 4.42 Å². The van der Waals surface area contributed by atoms with Crippen LogP contribution in [-0.4, -0.2) is 57.1 Å². The van der Waals surface area contributed by atoms with Gasteiger partial charge in [0.05, 0.1) is 23.2 Å². The van der Waals surface area contributed by atoms with Crippen LogP contribution in [-0.2, 0) is 10.3 Å². The van der Waals surface area contributed by atoms with Crippen LogP contribution in [0.2, 0.25) is 0 Å². The Labute approximate surface area is 222 Å². The monoisotopic (exact) mass is 540 g/mol. The molecule has 3 atom stereocenters. The fourth-order valence-electron chi connectivity index (χ4n) is 5.14. The highest BCUT2D eigenvalue weighted by atomic mass is 19.1. The second-order valence-corrected chi connectivity index (χ2v) is 10.5. The van der Waals surface area contributed by atoms with Gasteiger partial charge in [-0.2, -0.15) is 0 Å².